The van der Waals surface area contributed by atoms with Crippen molar-refractivity contribution < 1.29 is 0 Å². The summed E-state index contributed by atoms with van der Waals surface area (Å²) in [5, 5.41) is 3.61. The van der Waals surface area contributed by atoms with Gasteiger partial charge in [0.15, 0.2) is 5.65 Å². The number of nitrogens with one attached hydrogen (secondary N) is 1. The normalized spacial score (nSPS) is 24.6. The van der Waals surface area contributed by atoms with Crippen LogP contribution in [0.2, 0.25) is 0 Å². The van der Waals surface area contributed by atoms with Gasteiger partial charge in [-0.1, -0.05) is 6.42 Å². The van der Waals surface area contributed by atoms with Crippen molar-refractivity contribution in [3.05, 3.63) is 24.2 Å². The van der Waals surface area contributed by atoms with Gasteiger partial charge in [0, 0.05) is 12.2 Å². The van der Waals surface area contributed by atoms with Crippen LogP contribution in [0, 0.1) is 0 Å². The number of nitrogens with zero attached hydrogens (tertiary/aromatic N) is 3. The highest BCUT2D eigenvalue weighted by Crippen LogP contribution is 2.40. The molecule has 1 aliphatic heterocycles. The Kier molecular flexibility index (Phi) is 2.36. The molecule has 1 unspecified atom stereocenters. The number of imidazole rings is 1. The second-order valence-corrected chi connectivity index (χ2v) is 5.42. The first-order valence-corrected chi connectivity index (χ1v) is 7.00. The summed E-state index contributed by atoms with van der Waals surface area (Å²) in [4.78, 5) is 9.37. The summed E-state index contributed by atoms with van der Waals surface area (Å²) in [6.07, 6.45) is 8.23. The minimum atomic E-state index is 0.425. The fraction of sp³-hybridized carbons (Fsp3) is 0.571. The number of aromatic nitrogens is 3. The molecule has 94 valence electrons. The van der Waals surface area contributed by atoms with Crippen molar-refractivity contribution in [3.63, 3.8) is 0 Å². The molecule has 4 nitrogen and oxygen atoms in total. The molecular formula is C14H18N4. The number of rotatable bonds is 2. The van der Waals surface area contributed by atoms with E-state index < -0.39 is 0 Å². The third-order valence-electron chi connectivity index (χ3n) is 4.01. The first-order valence-electron chi connectivity index (χ1n) is 7.00. The van der Waals surface area contributed by atoms with Crippen molar-refractivity contribution >= 4 is 11.2 Å². The smallest absolute Gasteiger partial charge is 0.160 e. The van der Waals surface area contributed by atoms with Gasteiger partial charge < -0.3 is 9.88 Å². The average Bonchev–Trinajstić information content (AvgIpc) is 3.19. The lowest BCUT2D eigenvalue weighted by Crippen LogP contribution is -2.29. The summed E-state index contributed by atoms with van der Waals surface area (Å²) >= 11 is 0. The zero-order valence-electron chi connectivity index (χ0n) is 10.5. The molecule has 1 saturated heterocycles. The molecule has 2 aliphatic rings. The van der Waals surface area contributed by atoms with E-state index in [1.165, 1.54) is 37.9 Å². The van der Waals surface area contributed by atoms with E-state index in [0.717, 1.165) is 17.7 Å². The zero-order valence-corrected chi connectivity index (χ0v) is 10.5. The second kappa shape index (κ2) is 4.05. The number of piperidine rings is 1. The molecule has 1 aliphatic carbocycles. The Bertz CT molecular complexity index is 564. The molecule has 4 rings (SSSR count). The van der Waals surface area contributed by atoms with Gasteiger partial charge in [-0.3, -0.25) is 0 Å². The highest BCUT2D eigenvalue weighted by Gasteiger charge is 2.31. The molecule has 1 N–H and O–H groups in total. The largest absolute Gasteiger partial charge is 0.308 e. The van der Waals surface area contributed by atoms with Gasteiger partial charge >= 0.3 is 0 Å². The summed E-state index contributed by atoms with van der Waals surface area (Å²) in [6.45, 7) is 1.12. The van der Waals surface area contributed by atoms with Crippen molar-refractivity contribution in [2.45, 2.75) is 44.2 Å². The van der Waals surface area contributed by atoms with Gasteiger partial charge in [0.1, 0.15) is 11.3 Å². The van der Waals surface area contributed by atoms with Gasteiger partial charge in [0.25, 0.3) is 0 Å². The quantitative estimate of drug-likeness (QED) is 0.880. The fourth-order valence-corrected chi connectivity index (χ4v) is 2.96. The van der Waals surface area contributed by atoms with Crippen LogP contribution < -0.4 is 5.32 Å². The third kappa shape index (κ3) is 1.63. The molecule has 2 aromatic heterocycles. The predicted molar refractivity (Wildman–Crippen MR) is 70.4 cm³/mol. The number of fused-ring (bicyclic) bond motifs is 1. The summed E-state index contributed by atoms with van der Waals surface area (Å²) in [5.41, 5.74) is 2.12. The molecule has 1 saturated carbocycles. The molecule has 0 bridgehead atoms. The van der Waals surface area contributed by atoms with Crippen molar-refractivity contribution in [2.24, 2.45) is 0 Å². The van der Waals surface area contributed by atoms with Gasteiger partial charge in [-0.2, -0.15) is 0 Å². The third-order valence-corrected chi connectivity index (χ3v) is 4.01. The Morgan fingerprint density at radius 1 is 1.22 bits per heavy atom. The monoisotopic (exact) mass is 242 g/mol. The second-order valence-electron chi connectivity index (χ2n) is 5.42. The first kappa shape index (κ1) is 10.5. The van der Waals surface area contributed by atoms with E-state index >= 15 is 0 Å². The molecule has 2 aromatic rings. The maximum absolute atomic E-state index is 4.84. The molecule has 18 heavy (non-hydrogen) atoms. The minimum absolute atomic E-state index is 0.425. The zero-order chi connectivity index (χ0) is 11.9. The molecule has 1 atom stereocenters. The molecule has 0 radical (unpaired) electrons. The van der Waals surface area contributed by atoms with E-state index in [0.29, 0.717) is 12.1 Å². The molecule has 3 heterocycles. The van der Waals surface area contributed by atoms with E-state index in [2.05, 4.69) is 20.9 Å². The lowest BCUT2D eigenvalue weighted by Gasteiger charge is -2.23. The predicted octanol–water partition coefficient (Wildman–Crippen LogP) is 2.58. The van der Waals surface area contributed by atoms with Gasteiger partial charge in [-0.05, 0) is 44.4 Å². The SMILES string of the molecule is c1cnc2c(c1)nc(C1CCCCN1)n2C1CC1. The van der Waals surface area contributed by atoms with Crippen LogP contribution in [-0.4, -0.2) is 21.1 Å². The van der Waals surface area contributed by atoms with E-state index in [1.807, 2.05) is 12.3 Å². The van der Waals surface area contributed by atoms with Crippen LogP contribution in [-0.2, 0) is 0 Å². The van der Waals surface area contributed by atoms with Crippen LogP contribution in [0.15, 0.2) is 18.3 Å². The Morgan fingerprint density at radius 3 is 2.94 bits per heavy atom. The van der Waals surface area contributed by atoms with Crippen molar-refractivity contribution in [1.82, 2.24) is 19.9 Å². The Balaban J connectivity index is 1.84. The maximum Gasteiger partial charge on any atom is 0.160 e. The van der Waals surface area contributed by atoms with E-state index in [4.69, 9.17) is 4.98 Å². The highest BCUT2D eigenvalue weighted by atomic mass is 15.2. The van der Waals surface area contributed by atoms with Crippen LogP contribution in [0.3, 0.4) is 0 Å². The lowest BCUT2D eigenvalue weighted by atomic mass is 10.0. The Morgan fingerprint density at radius 2 is 2.17 bits per heavy atom. The molecular weight excluding hydrogens is 224 g/mol. The number of hydrogen-bond donors (Lipinski definition) is 1. The van der Waals surface area contributed by atoms with E-state index in [-0.39, 0.29) is 0 Å². The topological polar surface area (TPSA) is 42.7 Å². The van der Waals surface area contributed by atoms with Gasteiger partial charge in [0.2, 0.25) is 0 Å². The van der Waals surface area contributed by atoms with Crippen molar-refractivity contribution in [3.8, 4) is 0 Å². The number of pyridine rings is 1. The van der Waals surface area contributed by atoms with Crippen LogP contribution in [0.5, 0.6) is 0 Å². The Hall–Kier alpha value is -1.42. The van der Waals surface area contributed by atoms with E-state index in [9.17, 15) is 0 Å². The standard InChI is InChI=1S/C14H18N4/c1-2-8-15-11(4-1)14-17-12-5-3-9-16-13(12)18(14)10-6-7-10/h3,5,9-11,15H,1-2,4,6-8H2. The van der Waals surface area contributed by atoms with E-state index in [1.54, 1.807) is 0 Å². The van der Waals surface area contributed by atoms with Crippen LogP contribution in [0.4, 0.5) is 0 Å². The molecule has 2 fully saturated rings. The summed E-state index contributed by atoms with van der Waals surface area (Å²) in [7, 11) is 0. The average molecular weight is 242 g/mol. The molecule has 0 amide bonds. The maximum atomic E-state index is 4.84. The van der Waals surface area contributed by atoms with Crippen LogP contribution in [0.25, 0.3) is 11.2 Å². The van der Waals surface area contributed by atoms with Crippen LogP contribution in [0.1, 0.15) is 50.0 Å². The van der Waals surface area contributed by atoms with Gasteiger partial charge in [-0.15, -0.1) is 0 Å². The highest BCUT2D eigenvalue weighted by molar-refractivity contribution is 5.71. The summed E-state index contributed by atoms with van der Waals surface area (Å²) in [5.74, 6) is 1.21. The summed E-state index contributed by atoms with van der Waals surface area (Å²) < 4.78 is 2.39. The van der Waals surface area contributed by atoms with Crippen molar-refractivity contribution in [1.29, 1.82) is 0 Å². The summed E-state index contributed by atoms with van der Waals surface area (Å²) in [6, 6.07) is 5.12. The Labute approximate surface area is 106 Å². The fourth-order valence-electron chi connectivity index (χ4n) is 2.96. The molecule has 0 aromatic carbocycles. The lowest BCUT2D eigenvalue weighted by molar-refractivity contribution is 0.387. The van der Waals surface area contributed by atoms with Crippen molar-refractivity contribution in [2.75, 3.05) is 6.54 Å². The van der Waals surface area contributed by atoms with Crippen LogP contribution >= 0.6 is 0 Å². The first-order chi connectivity index (χ1) is 8.93. The molecule has 0 spiro atoms. The molecule has 4 heteroatoms. The van der Waals surface area contributed by atoms with Gasteiger partial charge in [-0.25, -0.2) is 9.97 Å². The number of hydrogen-bond acceptors (Lipinski definition) is 3. The van der Waals surface area contributed by atoms with Gasteiger partial charge in [0.05, 0.1) is 6.04 Å². The minimum Gasteiger partial charge on any atom is -0.308 e.